The van der Waals surface area contributed by atoms with Crippen LogP contribution >= 0.6 is 15.9 Å². The number of rotatable bonds is 4. The SMILES string of the molecule is CCOC(=O)c1c(C)c2cc(Br)cnc2n(Cc2ccc(C)cc2)c1=O. The lowest BCUT2D eigenvalue weighted by Gasteiger charge is -2.15. The van der Waals surface area contributed by atoms with Gasteiger partial charge in [-0.25, -0.2) is 9.78 Å². The number of carbonyl (C=O) groups is 1. The van der Waals surface area contributed by atoms with Gasteiger partial charge in [0.1, 0.15) is 11.2 Å². The summed E-state index contributed by atoms with van der Waals surface area (Å²) in [6, 6.07) is 9.79. The summed E-state index contributed by atoms with van der Waals surface area (Å²) in [7, 11) is 0. The second-order valence-corrected chi connectivity index (χ2v) is 7.04. The van der Waals surface area contributed by atoms with E-state index in [2.05, 4.69) is 20.9 Å². The quantitative estimate of drug-likeness (QED) is 0.605. The molecule has 0 fully saturated rings. The van der Waals surface area contributed by atoms with Crippen molar-refractivity contribution in [3.8, 4) is 0 Å². The summed E-state index contributed by atoms with van der Waals surface area (Å²) in [6.07, 6.45) is 1.65. The average Bonchev–Trinajstić information content (AvgIpc) is 2.61. The van der Waals surface area contributed by atoms with Crippen molar-refractivity contribution in [3.05, 3.63) is 73.6 Å². The van der Waals surface area contributed by atoms with Crippen LogP contribution in [-0.4, -0.2) is 22.1 Å². The van der Waals surface area contributed by atoms with E-state index in [9.17, 15) is 9.59 Å². The summed E-state index contributed by atoms with van der Waals surface area (Å²) in [5, 5.41) is 0.745. The number of esters is 1. The molecule has 0 bridgehead atoms. The molecule has 3 aromatic rings. The molecule has 26 heavy (non-hydrogen) atoms. The predicted molar refractivity (Wildman–Crippen MR) is 105 cm³/mol. The van der Waals surface area contributed by atoms with Crippen molar-refractivity contribution < 1.29 is 9.53 Å². The number of fused-ring (bicyclic) bond motifs is 1. The van der Waals surface area contributed by atoms with Gasteiger partial charge in [-0.2, -0.15) is 0 Å². The third-order valence-corrected chi connectivity index (χ3v) is 4.70. The van der Waals surface area contributed by atoms with Crippen LogP contribution < -0.4 is 5.56 Å². The highest BCUT2D eigenvalue weighted by molar-refractivity contribution is 9.10. The zero-order chi connectivity index (χ0) is 18.8. The molecule has 2 heterocycles. The van der Waals surface area contributed by atoms with Crippen molar-refractivity contribution >= 4 is 32.9 Å². The normalized spacial score (nSPS) is 10.9. The van der Waals surface area contributed by atoms with Gasteiger partial charge in [0.25, 0.3) is 5.56 Å². The number of benzene rings is 1. The largest absolute Gasteiger partial charge is 0.462 e. The van der Waals surface area contributed by atoms with Gasteiger partial charge < -0.3 is 4.74 Å². The minimum atomic E-state index is -0.602. The Bertz CT molecular complexity index is 1040. The number of carbonyl (C=O) groups excluding carboxylic acids is 1. The van der Waals surface area contributed by atoms with E-state index in [0.29, 0.717) is 17.8 Å². The van der Waals surface area contributed by atoms with E-state index in [1.807, 2.05) is 37.3 Å². The monoisotopic (exact) mass is 414 g/mol. The number of aromatic nitrogens is 2. The molecule has 5 nitrogen and oxygen atoms in total. The molecule has 0 aliphatic heterocycles. The van der Waals surface area contributed by atoms with Gasteiger partial charge in [-0.15, -0.1) is 0 Å². The van der Waals surface area contributed by atoms with Crippen LogP contribution in [0.15, 0.2) is 45.8 Å². The number of halogens is 1. The van der Waals surface area contributed by atoms with Crippen LogP contribution in [0.1, 0.15) is 34.0 Å². The summed E-state index contributed by atoms with van der Waals surface area (Å²) in [4.78, 5) is 29.9. The van der Waals surface area contributed by atoms with Crippen molar-refractivity contribution in [1.82, 2.24) is 9.55 Å². The Hall–Kier alpha value is -2.47. The zero-order valence-corrected chi connectivity index (χ0v) is 16.5. The molecular weight excluding hydrogens is 396 g/mol. The Morgan fingerprint density at radius 1 is 1.23 bits per heavy atom. The minimum absolute atomic E-state index is 0.0614. The molecule has 1 aromatic carbocycles. The highest BCUT2D eigenvalue weighted by Gasteiger charge is 2.22. The molecule has 0 aliphatic rings. The summed E-state index contributed by atoms with van der Waals surface area (Å²) in [5.41, 5.74) is 2.91. The lowest BCUT2D eigenvalue weighted by molar-refractivity contribution is 0.0523. The second-order valence-electron chi connectivity index (χ2n) is 6.12. The van der Waals surface area contributed by atoms with E-state index in [1.54, 1.807) is 20.0 Å². The van der Waals surface area contributed by atoms with E-state index < -0.39 is 5.97 Å². The van der Waals surface area contributed by atoms with Crippen molar-refractivity contribution in [2.45, 2.75) is 27.3 Å². The highest BCUT2D eigenvalue weighted by Crippen LogP contribution is 2.23. The van der Waals surface area contributed by atoms with Gasteiger partial charge in [-0.3, -0.25) is 9.36 Å². The molecule has 0 saturated carbocycles. The fourth-order valence-corrected chi connectivity index (χ4v) is 3.25. The van der Waals surface area contributed by atoms with Crippen LogP contribution in [0, 0.1) is 13.8 Å². The van der Waals surface area contributed by atoms with Gasteiger partial charge >= 0.3 is 5.97 Å². The van der Waals surface area contributed by atoms with Gasteiger partial charge in [-0.1, -0.05) is 29.8 Å². The standard InChI is InChI=1S/C20H19BrN2O3/c1-4-26-20(25)17-13(3)16-9-15(21)10-22-18(16)23(19(17)24)11-14-7-5-12(2)6-8-14/h5-10H,4,11H2,1-3H3. The molecule has 3 rings (SSSR count). The van der Waals surface area contributed by atoms with E-state index in [0.717, 1.165) is 21.0 Å². The summed E-state index contributed by atoms with van der Waals surface area (Å²) < 4.78 is 7.42. The van der Waals surface area contributed by atoms with Crippen molar-refractivity contribution in [2.75, 3.05) is 6.61 Å². The van der Waals surface area contributed by atoms with E-state index in [1.165, 1.54) is 4.57 Å². The maximum atomic E-state index is 13.1. The van der Waals surface area contributed by atoms with Gasteiger partial charge in [0.05, 0.1) is 13.2 Å². The minimum Gasteiger partial charge on any atom is -0.462 e. The lowest BCUT2D eigenvalue weighted by atomic mass is 10.1. The van der Waals surface area contributed by atoms with Crippen LogP contribution in [0.3, 0.4) is 0 Å². The smallest absolute Gasteiger partial charge is 0.344 e. The fourth-order valence-electron chi connectivity index (χ4n) is 2.92. The maximum absolute atomic E-state index is 13.1. The number of ether oxygens (including phenoxy) is 1. The molecule has 0 radical (unpaired) electrons. The highest BCUT2D eigenvalue weighted by atomic mass is 79.9. The number of pyridine rings is 2. The zero-order valence-electron chi connectivity index (χ0n) is 14.9. The van der Waals surface area contributed by atoms with Crippen molar-refractivity contribution in [3.63, 3.8) is 0 Å². The summed E-state index contributed by atoms with van der Waals surface area (Å²) in [5.74, 6) is -0.602. The molecule has 0 spiro atoms. The Balaban J connectivity index is 2.27. The molecule has 0 atom stereocenters. The Morgan fingerprint density at radius 2 is 1.92 bits per heavy atom. The van der Waals surface area contributed by atoms with Gasteiger partial charge in [-0.05, 0) is 53.9 Å². The molecule has 0 N–H and O–H groups in total. The Kier molecular flexibility index (Phi) is 5.23. The lowest BCUT2D eigenvalue weighted by Crippen LogP contribution is -2.30. The molecule has 6 heteroatoms. The number of aryl methyl sites for hydroxylation is 2. The first-order chi connectivity index (χ1) is 12.4. The Labute approximate surface area is 159 Å². The number of hydrogen-bond donors (Lipinski definition) is 0. The molecule has 134 valence electrons. The first kappa shape index (κ1) is 18.3. The molecule has 0 amide bonds. The summed E-state index contributed by atoms with van der Waals surface area (Å²) in [6.45, 7) is 6.02. The third kappa shape index (κ3) is 3.42. The van der Waals surface area contributed by atoms with Crippen LogP contribution in [0.25, 0.3) is 11.0 Å². The van der Waals surface area contributed by atoms with Crippen LogP contribution in [0.5, 0.6) is 0 Å². The first-order valence-corrected chi connectivity index (χ1v) is 9.13. The number of hydrogen-bond acceptors (Lipinski definition) is 4. The predicted octanol–water partition coefficient (Wildman–Crippen LogP) is 4.00. The van der Waals surface area contributed by atoms with Crippen LogP contribution in [-0.2, 0) is 11.3 Å². The number of nitrogens with zero attached hydrogens (tertiary/aromatic N) is 2. The molecule has 0 unspecified atom stereocenters. The molecule has 0 saturated heterocycles. The maximum Gasteiger partial charge on any atom is 0.344 e. The van der Waals surface area contributed by atoms with Gasteiger partial charge in [0.15, 0.2) is 0 Å². The Morgan fingerprint density at radius 3 is 2.58 bits per heavy atom. The second kappa shape index (κ2) is 7.41. The van der Waals surface area contributed by atoms with E-state index in [4.69, 9.17) is 4.74 Å². The van der Waals surface area contributed by atoms with Crippen molar-refractivity contribution in [1.29, 1.82) is 0 Å². The molecule has 2 aromatic heterocycles. The van der Waals surface area contributed by atoms with E-state index >= 15 is 0 Å². The van der Waals surface area contributed by atoms with Gasteiger partial charge in [0.2, 0.25) is 0 Å². The third-order valence-electron chi connectivity index (χ3n) is 4.27. The average molecular weight is 415 g/mol. The van der Waals surface area contributed by atoms with Crippen molar-refractivity contribution in [2.24, 2.45) is 0 Å². The van der Waals surface area contributed by atoms with Crippen LogP contribution in [0.4, 0.5) is 0 Å². The van der Waals surface area contributed by atoms with E-state index in [-0.39, 0.29) is 17.7 Å². The molecular formula is C20H19BrN2O3. The van der Waals surface area contributed by atoms with Gasteiger partial charge in [0, 0.05) is 16.1 Å². The van der Waals surface area contributed by atoms with Crippen LogP contribution in [0.2, 0.25) is 0 Å². The fraction of sp³-hybridized carbons (Fsp3) is 0.250. The first-order valence-electron chi connectivity index (χ1n) is 8.33. The topological polar surface area (TPSA) is 61.2 Å². The summed E-state index contributed by atoms with van der Waals surface area (Å²) >= 11 is 3.41. The molecule has 0 aliphatic carbocycles.